The van der Waals surface area contributed by atoms with Crippen molar-refractivity contribution in [1.82, 2.24) is 0 Å². The highest BCUT2D eigenvalue weighted by atomic mass is 16.5. The standard InChI is InChI=1S/C22H28N2O5/c1-7-26-22(25)19-14(6)29-21(24)18(11-23)20(19)15-8-16(27-12(2)3)10-17(9-15)28-13(4)5/h8-10,12-13,20H,7,24H2,1-6H3. The van der Waals surface area contributed by atoms with Crippen LogP contribution in [0.4, 0.5) is 0 Å². The number of carbonyl (C=O) groups excluding carboxylic acids is 1. The van der Waals surface area contributed by atoms with Crippen molar-refractivity contribution < 1.29 is 23.7 Å². The van der Waals surface area contributed by atoms with Crippen LogP contribution >= 0.6 is 0 Å². The summed E-state index contributed by atoms with van der Waals surface area (Å²) in [6, 6.07) is 7.41. The zero-order valence-electron chi connectivity index (χ0n) is 17.7. The first-order chi connectivity index (χ1) is 13.7. The molecule has 156 valence electrons. The van der Waals surface area contributed by atoms with Crippen LogP contribution in [0, 0.1) is 11.3 Å². The normalized spacial score (nSPS) is 16.6. The highest BCUT2D eigenvalue weighted by Gasteiger charge is 2.36. The van der Waals surface area contributed by atoms with Crippen molar-refractivity contribution in [1.29, 1.82) is 5.26 Å². The van der Waals surface area contributed by atoms with E-state index in [0.717, 1.165) is 0 Å². The van der Waals surface area contributed by atoms with E-state index in [9.17, 15) is 10.1 Å². The SMILES string of the molecule is CCOC(=O)C1=C(C)OC(N)=C(C#N)C1c1cc(OC(C)C)cc(OC(C)C)c1. The first-order valence-electron chi connectivity index (χ1n) is 9.61. The summed E-state index contributed by atoms with van der Waals surface area (Å²) in [7, 11) is 0. The summed E-state index contributed by atoms with van der Waals surface area (Å²) < 4.78 is 22.4. The Hall–Kier alpha value is -3.14. The molecule has 7 nitrogen and oxygen atoms in total. The number of rotatable bonds is 7. The van der Waals surface area contributed by atoms with Crippen molar-refractivity contribution in [3.8, 4) is 17.6 Å². The summed E-state index contributed by atoms with van der Waals surface area (Å²) in [4.78, 5) is 12.7. The van der Waals surface area contributed by atoms with Crippen molar-refractivity contribution >= 4 is 5.97 Å². The molecule has 29 heavy (non-hydrogen) atoms. The summed E-state index contributed by atoms with van der Waals surface area (Å²) >= 11 is 0. The Morgan fingerprint density at radius 1 is 1.17 bits per heavy atom. The van der Waals surface area contributed by atoms with Crippen LogP contribution in [0.1, 0.15) is 53.0 Å². The summed E-state index contributed by atoms with van der Waals surface area (Å²) in [5, 5.41) is 9.73. The van der Waals surface area contributed by atoms with Crippen LogP contribution < -0.4 is 15.2 Å². The molecule has 0 amide bonds. The Bertz CT molecular complexity index is 849. The zero-order valence-corrected chi connectivity index (χ0v) is 17.7. The molecule has 2 N–H and O–H groups in total. The highest BCUT2D eigenvalue weighted by molar-refractivity contribution is 5.92. The lowest BCUT2D eigenvalue weighted by Gasteiger charge is -2.27. The van der Waals surface area contributed by atoms with Crippen molar-refractivity contribution in [3.63, 3.8) is 0 Å². The Morgan fingerprint density at radius 3 is 2.17 bits per heavy atom. The fourth-order valence-corrected chi connectivity index (χ4v) is 3.13. The van der Waals surface area contributed by atoms with Crippen LogP contribution in [0.15, 0.2) is 41.0 Å². The van der Waals surface area contributed by atoms with Gasteiger partial charge in [-0.25, -0.2) is 4.79 Å². The molecule has 1 heterocycles. The fourth-order valence-electron chi connectivity index (χ4n) is 3.13. The third-order valence-corrected chi connectivity index (χ3v) is 4.08. The Kier molecular flexibility index (Phi) is 7.16. The van der Waals surface area contributed by atoms with E-state index in [1.165, 1.54) is 0 Å². The molecule has 1 aliphatic rings. The van der Waals surface area contributed by atoms with E-state index in [-0.39, 0.29) is 35.8 Å². The van der Waals surface area contributed by atoms with Crippen molar-refractivity contribution in [2.45, 2.75) is 59.7 Å². The largest absolute Gasteiger partial charge is 0.491 e. The van der Waals surface area contributed by atoms with Gasteiger partial charge in [-0.3, -0.25) is 0 Å². The monoisotopic (exact) mass is 400 g/mol. The molecule has 7 heteroatoms. The van der Waals surface area contributed by atoms with E-state index in [0.29, 0.717) is 22.8 Å². The summed E-state index contributed by atoms with van der Waals surface area (Å²) in [5.41, 5.74) is 6.96. The molecule has 1 aromatic carbocycles. The van der Waals surface area contributed by atoms with E-state index < -0.39 is 11.9 Å². The molecule has 0 aliphatic carbocycles. The van der Waals surface area contributed by atoms with E-state index in [1.54, 1.807) is 32.0 Å². The lowest BCUT2D eigenvalue weighted by Crippen LogP contribution is -2.25. The number of hydrogen-bond acceptors (Lipinski definition) is 7. The van der Waals surface area contributed by atoms with Gasteiger partial charge in [-0.05, 0) is 59.2 Å². The Balaban J connectivity index is 2.68. The number of hydrogen-bond donors (Lipinski definition) is 1. The quantitative estimate of drug-likeness (QED) is 0.692. The van der Waals surface area contributed by atoms with Gasteiger partial charge in [-0.1, -0.05) is 0 Å². The third kappa shape index (κ3) is 5.23. The van der Waals surface area contributed by atoms with Gasteiger partial charge in [0.15, 0.2) is 0 Å². The lowest BCUT2D eigenvalue weighted by atomic mass is 9.83. The molecule has 0 aromatic heterocycles. The smallest absolute Gasteiger partial charge is 0.338 e. The van der Waals surface area contributed by atoms with Gasteiger partial charge in [0.25, 0.3) is 0 Å². The number of nitriles is 1. The van der Waals surface area contributed by atoms with Crippen molar-refractivity contribution in [3.05, 3.63) is 46.6 Å². The minimum atomic E-state index is -0.752. The molecule has 0 radical (unpaired) electrons. The van der Waals surface area contributed by atoms with Gasteiger partial charge >= 0.3 is 5.97 Å². The molecular weight excluding hydrogens is 372 g/mol. The van der Waals surface area contributed by atoms with E-state index in [4.69, 9.17) is 24.7 Å². The topological polar surface area (TPSA) is 104 Å². The highest BCUT2D eigenvalue weighted by Crippen LogP contribution is 2.42. The van der Waals surface area contributed by atoms with Crippen LogP contribution in [0.5, 0.6) is 11.5 Å². The average Bonchev–Trinajstić information content (AvgIpc) is 2.59. The molecule has 1 aliphatic heterocycles. The maximum Gasteiger partial charge on any atom is 0.338 e. The fraction of sp³-hybridized carbons (Fsp3) is 0.455. The number of ether oxygens (including phenoxy) is 4. The molecule has 0 saturated heterocycles. The molecule has 0 saturated carbocycles. The molecule has 1 unspecified atom stereocenters. The Labute approximate surface area is 171 Å². The maximum absolute atomic E-state index is 12.7. The van der Waals surface area contributed by atoms with Crippen LogP contribution in [-0.4, -0.2) is 24.8 Å². The number of nitrogens with zero attached hydrogens (tertiary/aromatic N) is 1. The molecule has 1 aromatic rings. The molecule has 0 spiro atoms. The number of nitrogens with two attached hydrogens (primary N) is 1. The lowest BCUT2D eigenvalue weighted by molar-refractivity contribution is -0.139. The average molecular weight is 400 g/mol. The predicted octanol–water partition coefficient (Wildman–Crippen LogP) is 3.91. The van der Waals surface area contributed by atoms with Gasteiger partial charge in [-0.2, -0.15) is 5.26 Å². The first kappa shape index (κ1) is 22.2. The second kappa shape index (κ2) is 9.37. The van der Waals surface area contributed by atoms with E-state index >= 15 is 0 Å². The van der Waals surface area contributed by atoms with Crippen LogP contribution in [-0.2, 0) is 14.3 Å². The number of carbonyl (C=O) groups is 1. The van der Waals surface area contributed by atoms with Crippen molar-refractivity contribution in [2.75, 3.05) is 6.61 Å². The van der Waals surface area contributed by atoms with Gasteiger partial charge in [0, 0.05) is 6.07 Å². The summed E-state index contributed by atoms with van der Waals surface area (Å²) in [6.07, 6.45) is -0.130. The van der Waals surface area contributed by atoms with Gasteiger partial charge in [0.2, 0.25) is 5.88 Å². The number of benzene rings is 1. The van der Waals surface area contributed by atoms with Crippen LogP contribution in [0.25, 0.3) is 0 Å². The minimum Gasteiger partial charge on any atom is -0.491 e. The number of esters is 1. The van der Waals surface area contributed by atoms with Gasteiger partial charge in [-0.15, -0.1) is 0 Å². The third-order valence-electron chi connectivity index (χ3n) is 4.08. The molecular formula is C22H28N2O5. The second-order valence-electron chi connectivity index (χ2n) is 7.19. The minimum absolute atomic E-state index is 0.0374. The summed E-state index contributed by atoms with van der Waals surface area (Å²) in [6.45, 7) is 11.2. The zero-order chi connectivity index (χ0) is 21.7. The summed E-state index contributed by atoms with van der Waals surface area (Å²) in [5.74, 6) is 0.0820. The molecule has 2 rings (SSSR count). The van der Waals surface area contributed by atoms with Crippen LogP contribution in [0.2, 0.25) is 0 Å². The Morgan fingerprint density at radius 2 is 1.72 bits per heavy atom. The molecule has 0 fully saturated rings. The predicted molar refractivity (Wildman–Crippen MR) is 108 cm³/mol. The molecule has 0 bridgehead atoms. The van der Waals surface area contributed by atoms with Gasteiger partial charge < -0.3 is 24.7 Å². The number of allylic oxidation sites excluding steroid dienone is 2. The second-order valence-corrected chi connectivity index (χ2v) is 7.19. The van der Waals surface area contributed by atoms with Crippen molar-refractivity contribution in [2.24, 2.45) is 5.73 Å². The van der Waals surface area contributed by atoms with E-state index in [2.05, 4.69) is 6.07 Å². The maximum atomic E-state index is 12.7. The van der Waals surface area contributed by atoms with Crippen LogP contribution in [0.3, 0.4) is 0 Å². The molecule has 1 atom stereocenters. The van der Waals surface area contributed by atoms with E-state index in [1.807, 2.05) is 27.7 Å². The van der Waals surface area contributed by atoms with Gasteiger partial charge in [0.05, 0.1) is 30.3 Å². The first-order valence-corrected chi connectivity index (χ1v) is 9.61. The van der Waals surface area contributed by atoms with Gasteiger partial charge in [0.1, 0.15) is 28.9 Å².